The molecule has 4 nitrogen and oxygen atoms in total. The molecule has 0 radical (unpaired) electrons. The summed E-state index contributed by atoms with van der Waals surface area (Å²) in [5.41, 5.74) is 0.701. The van der Waals surface area contributed by atoms with E-state index in [9.17, 15) is 4.79 Å². The highest BCUT2D eigenvalue weighted by Gasteiger charge is 2.23. The van der Waals surface area contributed by atoms with Crippen molar-refractivity contribution >= 4 is 17.6 Å². The number of aliphatic carboxylic acids is 1. The van der Waals surface area contributed by atoms with Crippen molar-refractivity contribution in [2.24, 2.45) is 5.92 Å². The van der Waals surface area contributed by atoms with E-state index < -0.39 is 11.9 Å². The Balaban J connectivity index is 2.33. The van der Waals surface area contributed by atoms with Crippen molar-refractivity contribution < 1.29 is 19.4 Å². The summed E-state index contributed by atoms with van der Waals surface area (Å²) in [7, 11) is 0. The van der Waals surface area contributed by atoms with Gasteiger partial charge in [-0.1, -0.05) is 18.5 Å². The number of carbonyl (C=O) groups is 1. The molecular weight excluding hydrogens is 232 g/mol. The maximum absolute atomic E-state index is 10.8. The topological polar surface area (TPSA) is 55.8 Å². The minimum atomic E-state index is -0.854. The van der Waals surface area contributed by atoms with Gasteiger partial charge in [0, 0.05) is 10.6 Å². The van der Waals surface area contributed by atoms with Crippen molar-refractivity contribution in [1.29, 1.82) is 0 Å². The van der Waals surface area contributed by atoms with Crippen LogP contribution in [0.1, 0.15) is 12.5 Å². The number of hydrogen-bond acceptors (Lipinski definition) is 3. The number of rotatable bonds is 3. The lowest BCUT2D eigenvalue weighted by molar-refractivity contribution is -0.141. The predicted molar refractivity (Wildman–Crippen MR) is 58.1 cm³/mol. The summed E-state index contributed by atoms with van der Waals surface area (Å²) in [6, 6.07) is 3.42. The molecule has 1 aromatic carbocycles. The van der Waals surface area contributed by atoms with Gasteiger partial charge < -0.3 is 14.6 Å². The molecule has 0 saturated heterocycles. The molecular formula is C11H11ClO4. The minimum absolute atomic E-state index is 0.157. The smallest absolute Gasteiger partial charge is 0.306 e. The molecule has 0 spiro atoms. The highest BCUT2D eigenvalue weighted by atomic mass is 35.5. The number of carboxylic acid groups (broad SMARTS) is 1. The van der Waals surface area contributed by atoms with E-state index in [1.165, 1.54) is 0 Å². The SMILES string of the molecule is CC(Cc1c(Cl)ccc2c1OCO2)C(=O)O. The standard InChI is InChI=1S/C11H11ClO4/c1-6(11(13)14)4-7-8(12)2-3-9-10(7)16-5-15-9/h2-3,6H,4-5H2,1H3,(H,13,14). The first-order valence-corrected chi connectivity index (χ1v) is 5.27. The number of ether oxygens (including phenoxy) is 2. The van der Waals surface area contributed by atoms with Gasteiger partial charge in [0.05, 0.1) is 5.92 Å². The lowest BCUT2D eigenvalue weighted by Crippen LogP contribution is -2.12. The van der Waals surface area contributed by atoms with Crippen LogP contribution in [0.25, 0.3) is 0 Å². The number of benzene rings is 1. The second-order valence-corrected chi connectivity index (χ2v) is 4.11. The van der Waals surface area contributed by atoms with E-state index in [-0.39, 0.29) is 6.79 Å². The minimum Gasteiger partial charge on any atom is -0.481 e. The number of carboxylic acids is 1. The summed E-state index contributed by atoms with van der Waals surface area (Å²) < 4.78 is 10.5. The van der Waals surface area contributed by atoms with Crippen LogP contribution >= 0.6 is 11.6 Å². The molecule has 0 aromatic heterocycles. The van der Waals surface area contributed by atoms with E-state index in [4.69, 9.17) is 26.2 Å². The lowest BCUT2D eigenvalue weighted by Gasteiger charge is -2.10. The van der Waals surface area contributed by atoms with Gasteiger partial charge in [0.25, 0.3) is 0 Å². The van der Waals surface area contributed by atoms with Crippen molar-refractivity contribution in [3.8, 4) is 11.5 Å². The summed E-state index contributed by atoms with van der Waals surface area (Å²) in [6.45, 7) is 1.79. The van der Waals surface area contributed by atoms with Crippen molar-refractivity contribution in [2.45, 2.75) is 13.3 Å². The van der Waals surface area contributed by atoms with Gasteiger partial charge in [-0.05, 0) is 18.6 Å². The Morgan fingerprint density at radius 2 is 2.31 bits per heavy atom. The summed E-state index contributed by atoms with van der Waals surface area (Å²) in [5.74, 6) is -0.168. The first kappa shape index (κ1) is 11.1. The Kier molecular flexibility index (Phi) is 2.92. The van der Waals surface area contributed by atoms with Crippen molar-refractivity contribution in [1.82, 2.24) is 0 Å². The fourth-order valence-electron chi connectivity index (χ4n) is 1.59. The van der Waals surface area contributed by atoms with E-state index in [1.54, 1.807) is 19.1 Å². The number of halogens is 1. The van der Waals surface area contributed by atoms with Crippen LogP contribution in [0.5, 0.6) is 11.5 Å². The van der Waals surface area contributed by atoms with Crippen LogP contribution in [0.4, 0.5) is 0 Å². The number of hydrogen-bond donors (Lipinski definition) is 1. The molecule has 2 rings (SSSR count). The molecule has 1 heterocycles. The van der Waals surface area contributed by atoms with E-state index in [1.807, 2.05) is 0 Å². The van der Waals surface area contributed by atoms with E-state index in [0.29, 0.717) is 28.5 Å². The highest BCUT2D eigenvalue weighted by Crippen LogP contribution is 2.40. The molecule has 1 aromatic rings. The molecule has 86 valence electrons. The van der Waals surface area contributed by atoms with E-state index in [0.717, 1.165) is 0 Å². The molecule has 0 fully saturated rings. The normalized spacial score (nSPS) is 14.9. The van der Waals surface area contributed by atoms with Crippen LogP contribution in [-0.2, 0) is 11.2 Å². The third kappa shape index (κ3) is 1.93. The van der Waals surface area contributed by atoms with Crippen LogP contribution in [0.15, 0.2) is 12.1 Å². The van der Waals surface area contributed by atoms with Gasteiger partial charge in [-0.15, -0.1) is 0 Å². The third-order valence-electron chi connectivity index (χ3n) is 2.52. The van der Waals surface area contributed by atoms with Gasteiger partial charge in [0.1, 0.15) is 0 Å². The number of fused-ring (bicyclic) bond motifs is 1. The summed E-state index contributed by atoms with van der Waals surface area (Å²) >= 11 is 6.03. The molecule has 5 heteroatoms. The Morgan fingerprint density at radius 3 is 3.00 bits per heavy atom. The van der Waals surface area contributed by atoms with Gasteiger partial charge in [-0.3, -0.25) is 4.79 Å². The maximum Gasteiger partial charge on any atom is 0.306 e. The summed E-state index contributed by atoms with van der Waals surface area (Å²) in [5, 5.41) is 9.38. The lowest BCUT2D eigenvalue weighted by atomic mass is 10.00. The zero-order valence-corrected chi connectivity index (χ0v) is 9.45. The van der Waals surface area contributed by atoms with Gasteiger partial charge in [-0.25, -0.2) is 0 Å². The first-order valence-electron chi connectivity index (χ1n) is 4.89. The largest absolute Gasteiger partial charge is 0.481 e. The Labute approximate surface area is 97.7 Å². The fourth-order valence-corrected chi connectivity index (χ4v) is 1.82. The third-order valence-corrected chi connectivity index (χ3v) is 2.87. The van der Waals surface area contributed by atoms with Crippen LogP contribution in [0.3, 0.4) is 0 Å². The van der Waals surface area contributed by atoms with Crippen molar-refractivity contribution in [3.63, 3.8) is 0 Å². The van der Waals surface area contributed by atoms with Crippen LogP contribution in [0.2, 0.25) is 5.02 Å². The van der Waals surface area contributed by atoms with Gasteiger partial charge >= 0.3 is 5.97 Å². The second-order valence-electron chi connectivity index (χ2n) is 3.70. The fraction of sp³-hybridized carbons (Fsp3) is 0.364. The van der Waals surface area contributed by atoms with E-state index in [2.05, 4.69) is 0 Å². The Bertz CT molecular complexity index is 430. The Morgan fingerprint density at radius 1 is 1.56 bits per heavy atom. The maximum atomic E-state index is 10.8. The van der Waals surface area contributed by atoms with Crippen LogP contribution < -0.4 is 9.47 Å². The quantitative estimate of drug-likeness (QED) is 0.884. The molecule has 0 saturated carbocycles. The van der Waals surface area contributed by atoms with Gasteiger partial charge in [0.2, 0.25) is 6.79 Å². The molecule has 0 amide bonds. The van der Waals surface area contributed by atoms with Gasteiger partial charge in [-0.2, -0.15) is 0 Å². The average molecular weight is 243 g/mol. The summed E-state index contributed by atoms with van der Waals surface area (Å²) in [6.07, 6.45) is 0.334. The zero-order valence-electron chi connectivity index (χ0n) is 8.70. The molecule has 1 aliphatic rings. The molecule has 16 heavy (non-hydrogen) atoms. The summed E-state index contributed by atoms with van der Waals surface area (Å²) in [4.78, 5) is 10.8. The van der Waals surface area contributed by atoms with Gasteiger partial charge in [0.15, 0.2) is 11.5 Å². The molecule has 1 aliphatic heterocycles. The van der Waals surface area contributed by atoms with Crippen LogP contribution in [-0.4, -0.2) is 17.9 Å². The molecule has 1 N–H and O–H groups in total. The predicted octanol–water partition coefficient (Wildman–Crippen LogP) is 2.33. The van der Waals surface area contributed by atoms with E-state index >= 15 is 0 Å². The molecule has 1 unspecified atom stereocenters. The van der Waals surface area contributed by atoms with Crippen molar-refractivity contribution in [2.75, 3.05) is 6.79 Å². The molecule has 0 bridgehead atoms. The Hall–Kier alpha value is -1.42. The molecule has 1 atom stereocenters. The first-order chi connectivity index (χ1) is 7.59. The second kappa shape index (κ2) is 4.22. The van der Waals surface area contributed by atoms with Crippen LogP contribution in [0, 0.1) is 5.92 Å². The monoisotopic (exact) mass is 242 g/mol. The zero-order chi connectivity index (χ0) is 11.7. The van der Waals surface area contributed by atoms with Crippen molar-refractivity contribution in [3.05, 3.63) is 22.7 Å². The molecule has 0 aliphatic carbocycles. The average Bonchev–Trinajstić information content (AvgIpc) is 2.70. The highest BCUT2D eigenvalue weighted by molar-refractivity contribution is 6.31.